The minimum Gasteiger partial charge on any atom is -0.465 e. The molecule has 2 aromatic rings. The Bertz CT molecular complexity index is 970. The fraction of sp³-hybridized carbons (Fsp3) is 0.368. The molecule has 0 unspecified atom stereocenters. The number of benzene rings is 1. The highest BCUT2D eigenvalue weighted by Crippen LogP contribution is 2.45. The first-order valence-electron chi connectivity index (χ1n) is 8.91. The number of ether oxygens (including phenoxy) is 2. The molecule has 0 bridgehead atoms. The number of amides is 1. The smallest absolute Gasteiger partial charge is 0.337 e. The topological polar surface area (TPSA) is 99.5 Å². The van der Waals surface area contributed by atoms with E-state index in [1.807, 2.05) is 0 Å². The zero-order valence-corrected chi connectivity index (χ0v) is 16.8. The van der Waals surface area contributed by atoms with Crippen LogP contribution in [0.5, 0.6) is 0 Å². The molecule has 11 heteroatoms. The van der Waals surface area contributed by atoms with Crippen molar-refractivity contribution in [3.8, 4) is 0 Å². The van der Waals surface area contributed by atoms with Crippen LogP contribution in [0.4, 0.5) is 14.5 Å². The summed E-state index contributed by atoms with van der Waals surface area (Å²) in [5, 5.41) is 6.20. The normalized spacial score (nSPS) is 13.3. The van der Waals surface area contributed by atoms with E-state index in [4.69, 9.17) is 11.6 Å². The lowest BCUT2D eigenvalue weighted by molar-refractivity contribution is -0.117. The zero-order valence-electron chi connectivity index (χ0n) is 16.1. The maximum atomic E-state index is 13.1. The standard InChI is InChI=1S/C19H18ClF2N3O5/c1-29-18(27)10-5-11(19(28)30-2)7-12(6-10)23-13(26)8-25-16(9-3-4-9)14(20)15(24-25)17(21)22/h5-7,9,17H,3-4,8H2,1-2H3,(H,23,26). The fourth-order valence-corrected chi connectivity index (χ4v) is 3.36. The Kier molecular flexibility index (Phi) is 6.35. The van der Waals surface area contributed by atoms with Crippen molar-refractivity contribution >= 4 is 35.1 Å². The molecule has 1 fully saturated rings. The second-order valence-electron chi connectivity index (χ2n) is 6.65. The van der Waals surface area contributed by atoms with Crippen molar-refractivity contribution in [3.05, 3.63) is 45.7 Å². The van der Waals surface area contributed by atoms with E-state index in [1.165, 1.54) is 37.1 Å². The molecule has 1 N–H and O–H groups in total. The van der Waals surface area contributed by atoms with Crippen LogP contribution in [0.3, 0.4) is 0 Å². The third kappa shape index (κ3) is 4.59. The van der Waals surface area contributed by atoms with Gasteiger partial charge in [0.1, 0.15) is 12.2 Å². The Labute approximate surface area is 175 Å². The number of hydrogen-bond donors (Lipinski definition) is 1. The van der Waals surface area contributed by atoms with Gasteiger partial charge >= 0.3 is 11.9 Å². The van der Waals surface area contributed by atoms with Crippen LogP contribution in [0.2, 0.25) is 5.02 Å². The SMILES string of the molecule is COC(=O)c1cc(NC(=O)Cn2nc(C(F)F)c(Cl)c2C2CC2)cc(C(=O)OC)c1. The van der Waals surface area contributed by atoms with E-state index < -0.39 is 30.0 Å². The number of rotatable bonds is 7. The molecule has 0 saturated heterocycles. The Morgan fingerprint density at radius 3 is 2.20 bits per heavy atom. The van der Waals surface area contributed by atoms with E-state index in [2.05, 4.69) is 19.9 Å². The van der Waals surface area contributed by atoms with Crippen LogP contribution in [0.15, 0.2) is 18.2 Å². The van der Waals surface area contributed by atoms with Crippen LogP contribution in [0.1, 0.15) is 57.3 Å². The molecule has 1 aliphatic rings. The average Bonchev–Trinajstić information content (AvgIpc) is 3.49. The molecule has 1 saturated carbocycles. The van der Waals surface area contributed by atoms with Crippen molar-refractivity contribution in [2.24, 2.45) is 0 Å². The van der Waals surface area contributed by atoms with Gasteiger partial charge in [0.25, 0.3) is 6.43 Å². The molecular weight excluding hydrogens is 424 g/mol. The average molecular weight is 442 g/mol. The maximum absolute atomic E-state index is 13.1. The van der Waals surface area contributed by atoms with E-state index in [-0.39, 0.29) is 34.3 Å². The van der Waals surface area contributed by atoms with Gasteiger partial charge in [-0.15, -0.1) is 0 Å². The Balaban J connectivity index is 1.85. The first-order chi connectivity index (χ1) is 14.2. The summed E-state index contributed by atoms with van der Waals surface area (Å²) in [5.41, 5.74) is 0.0179. The first kappa shape index (κ1) is 21.7. The van der Waals surface area contributed by atoms with Gasteiger partial charge in [-0.25, -0.2) is 18.4 Å². The second kappa shape index (κ2) is 8.78. The van der Waals surface area contributed by atoms with Crippen LogP contribution < -0.4 is 5.32 Å². The molecule has 0 radical (unpaired) electrons. The molecule has 0 aliphatic heterocycles. The lowest BCUT2D eigenvalue weighted by Crippen LogP contribution is -2.21. The van der Waals surface area contributed by atoms with Gasteiger partial charge in [-0.1, -0.05) is 11.6 Å². The molecule has 1 amide bonds. The second-order valence-corrected chi connectivity index (χ2v) is 7.03. The highest BCUT2D eigenvalue weighted by atomic mass is 35.5. The van der Waals surface area contributed by atoms with Gasteiger partial charge in [0.2, 0.25) is 5.91 Å². The number of carbonyl (C=O) groups is 3. The predicted octanol–water partition coefficient (Wildman–Crippen LogP) is 3.56. The molecule has 1 aromatic heterocycles. The van der Waals surface area contributed by atoms with Gasteiger partial charge in [-0.3, -0.25) is 9.48 Å². The van der Waals surface area contributed by atoms with Crippen molar-refractivity contribution in [2.75, 3.05) is 19.5 Å². The summed E-state index contributed by atoms with van der Waals surface area (Å²) in [4.78, 5) is 36.2. The summed E-state index contributed by atoms with van der Waals surface area (Å²) in [6, 6.07) is 3.90. The monoisotopic (exact) mass is 441 g/mol. The lowest BCUT2D eigenvalue weighted by Gasteiger charge is -2.11. The van der Waals surface area contributed by atoms with Gasteiger partial charge in [-0.2, -0.15) is 5.10 Å². The Hall–Kier alpha value is -3.01. The van der Waals surface area contributed by atoms with Gasteiger partial charge in [0.05, 0.1) is 36.1 Å². The Morgan fingerprint density at radius 1 is 1.17 bits per heavy atom. The Morgan fingerprint density at radius 2 is 1.73 bits per heavy atom. The van der Waals surface area contributed by atoms with Crippen LogP contribution in [0.25, 0.3) is 0 Å². The highest BCUT2D eigenvalue weighted by molar-refractivity contribution is 6.32. The van der Waals surface area contributed by atoms with E-state index in [1.54, 1.807) is 0 Å². The number of nitrogens with one attached hydrogen (secondary N) is 1. The maximum Gasteiger partial charge on any atom is 0.337 e. The number of methoxy groups -OCH3 is 2. The quantitative estimate of drug-likeness (QED) is 0.659. The van der Waals surface area contributed by atoms with Crippen molar-refractivity contribution in [2.45, 2.75) is 31.7 Å². The van der Waals surface area contributed by atoms with Crippen molar-refractivity contribution < 1.29 is 32.6 Å². The molecule has 30 heavy (non-hydrogen) atoms. The van der Waals surface area contributed by atoms with Crippen molar-refractivity contribution in [1.29, 1.82) is 0 Å². The summed E-state index contributed by atoms with van der Waals surface area (Å²) in [6.45, 7) is -0.367. The van der Waals surface area contributed by atoms with Crippen LogP contribution in [-0.2, 0) is 20.8 Å². The number of hydrogen-bond acceptors (Lipinski definition) is 6. The van der Waals surface area contributed by atoms with E-state index in [0.717, 1.165) is 12.8 Å². The molecule has 1 aromatic carbocycles. The van der Waals surface area contributed by atoms with Gasteiger partial charge in [0.15, 0.2) is 0 Å². The molecule has 0 spiro atoms. The largest absolute Gasteiger partial charge is 0.465 e. The first-order valence-corrected chi connectivity index (χ1v) is 9.28. The highest BCUT2D eigenvalue weighted by Gasteiger charge is 2.34. The molecule has 0 atom stereocenters. The van der Waals surface area contributed by atoms with Gasteiger partial charge in [0, 0.05) is 11.6 Å². The molecule has 1 heterocycles. The molecular formula is C19H18ClF2N3O5. The lowest BCUT2D eigenvalue weighted by atomic mass is 10.1. The third-order valence-corrected chi connectivity index (χ3v) is 4.87. The molecule has 1 aliphatic carbocycles. The van der Waals surface area contributed by atoms with E-state index in [0.29, 0.717) is 5.69 Å². The number of alkyl halides is 2. The molecule has 3 rings (SSSR count). The van der Waals surface area contributed by atoms with Crippen LogP contribution >= 0.6 is 11.6 Å². The number of esters is 2. The number of carbonyl (C=O) groups excluding carboxylic acids is 3. The van der Waals surface area contributed by atoms with Crippen LogP contribution in [0, 0.1) is 0 Å². The summed E-state index contributed by atoms with van der Waals surface area (Å²) in [6.07, 6.45) is -1.31. The van der Waals surface area contributed by atoms with Crippen LogP contribution in [-0.4, -0.2) is 41.8 Å². The summed E-state index contributed by atoms with van der Waals surface area (Å²) < 4.78 is 36.8. The number of halogens is 3. The number of nitrogens with zero attached hydrogens (tertiary/aromatic N) is 2. The van der Waals surface area contributed by atoms with Gasteiger partial charge in [-0.05, 0) is 31.0 Å². The molecule has 160 valence electrons. The number of aromatic nitrogens is 2. The van der Waals surface area contributed by atoms with Crippen molar-refractivity contribution in [1.82, 2.24) is 9.78 Å². The predicted molar refractivity (Wildman–Crippen MR) is 102 cm³/mol. The van der Waals surface area contributed by atoms with E-state index in [9.17, 15) is 23.2 Å². The summed E-state index contributed by atoms with van der Waals surface area (Å²) in [7, 11) is 2.35. The minimum absolute atomic E-state index is 0.0149. The minimum atomic E-state index is -2.86. The van der Waals surface area contributed by atoms with Crippen molar-refractivity contribution in [3.63, 3.8) is 0 Å². The third-order valence-electron chi connectivity index (χ3n) is 4.48. The summed E-state index contributed by atoms with van der Waals surface area (Å²) >= 11 is 6.05. The zero-order chi connectivity index (χ0) is 22.0. The molecule has 8 nitrogen and oxygen atoms in total. The summed E-state index contributed by atoms with van der Waals surface area (Å²) in [5.74, 6) is -2.05. The van der Waals surface area contributed by atoms with Gasteiger partial charge < -0.3 is 14.8 Å². The van der Waals surface area contributed by atoms with E-state index >= 15 is 0 Å². The number of anilines is 1. The fourth-order valence-electron chi connectivity index (χ4n) is 2.99.